The van der Waals surface area contributed by atoms with Crippen LogP contribution < -0.4 is 9.83 Å². The van der Waals surface area contributed by atoms with Crippen LogP contribution in [0.5, 0.6) is 5.88 Å². The Morgan fingerprint density at radius 1 is 1.04 bits per heavy atom. The van der Waals surface area contributed by atoms with Crippen LogP contribution in [0.4, 0.5) is 4.79 Å². The Kier molecular flexibility index (Phi) is 4.63. The first kappa shape index (κ1) is 18.2. The molecule has 6 nitrogen and oxygen atoms in total. The van der Waals surface area contributed by atoms with E-state index in [0.29, 0.717) is 16.2 Å². The van der Waals surface area contributed by atoms with E-state index < -0.39 is 19.1 Å². The van der Waals surface area contributed by atoms with Crippen molar-refractivity contribution in [2.45, 2.75) is 26.4 Å². The molecular formula is C19H21N2O4P. The summed E-state index contributed by atoms with van der Waals surface area (Å²) in [6, 6.07) is 16.0. The lowest BCUT2D eigenvalue weighted by atomic mass is 10.2. The number of hydrogen-bond acceptors (Lipinski definition) is 5. The monoisotopic (exact) mass is 372 g/mol. The highest BCUT2D eigenvalue weighted by molar-refractivity contribution is 7.66. The van der Waals surface area contributed by atoms with Crippen LogP contribution in [0.3, 0.4) is 0 Å². The summed E-state index contributed by atoms with van der Waals surface area (Å²) in [5.74, 6) is 0.140. The maximum atomic E-state index is 13.0. The third-order valence-electron chi connectivity index (χ3n) is 3.61. The summed E-state index contributed by atoms with van der Waals surface area (Å²) in [5, 5.41) is 5.41. The number of rotatable bonds is 3. The van der Waals surface area contributed by atoms with Crippen LogP contribution in [0.1, 0.15) is 20.8 Å². The molecule has 0 aliphatic heterocycles. The molecule has 0 aliphatic carbocycles. The molecule has 26 heavy (non-hydrogen) atoms. The molecule has 1 unspecified atom stereocenters. The second-order valence-electron chi connectivity index (χ2n) is 6.99. The standard InChI is InChI=1S/C19H21N2O4P/c1-19(2,3)24-18(22)21-16-13-9-8-12-15(16)17(20-21)25-26(4,23)14-10-6-5-7-11-14/h5-13H,1-4H3. The van der Waals surface area contributed by atoms with Gasteiger partial charge < -0.3 is 9.26 Å². The summed E-state index contributed by atoms with van der Waals surface area (Å²) >= 11 is 0. The van der Waals surface area contributed by atoms with E-state index in [0.717, 1.165) is 4.68 Å². The maximum absolute atomic E-state index is 13.0. The van der Waals surface area contributed by atoms with Crippen molar-refractivity contribution in [2.75, 3.05) is 6.66 Å². The molecule has 0 saturated carbocycles. The molecule has 0 radical (unpaired) electrons. The second-order valence-corrected chi connectivity index (χ2v) is 9.38. The van der Waals surface area contributed by atoms with Crippen LogP contribution in [-0.4, -0.2) is 28.1 Å². The fraction of sp³-hybridized carbons (Fsp3) is 0.263. The van der Waals surface area contributed by atoms with Gasteiger partial charge in [-0.2, -0.15) is 4.68 Å². The summed E-state index contributed by atoms with van der Waals surface area (Å²) in [4.78, 5) is 12.5. The van der Waals surface area contributed by atoms with Crippen LogP contribution in [0.2, 0.25) is 0 Å². The quantitative estimate of drug-likeness (QED) is 0.636. The topological polar surface area (TPSA) is 70.4 Å². The molecule has 1 aromatic heterocycles. The van der Waals surface area contributed by atoms with E-state index in [1.54, 1.807) is 69.3 Å². The molecule has 1 atom stereocenters. The summed E-state index contributed by atoms with van der Waals surface area (Å²) in [6.45, 7) is 6.88. The average molecular weight is 372 g/mol. The second kappa shape index (κ2) is 6.61. The largest absolute Gasteiger partial charge is 0.442 e. The van der Waals surface area contributed by atoms with Crippen LogP contribution in [0, 0.1) is 0 Å². The van der Waals surface area contributed by atoms with Crippen LogP contribution in [0.15, 0.2) is 54.6 Å². The first-order valence-electron chi connectivity index (χ1n) is 8.21. The third-order valence-corrected chi connectivity index (χ3v) is 5.36. The van der Waals surface area contributed by atoms with Crippen molar-refractivity contribution in [3.05, 3.63) is 54.6 Å². The minimum atomic E-state index is -3.16. The average Bonchev–Trinajstić information content (AvgIpc) is 2.93. The predicted molar refractivity (Wildman–Crippen MR) is 102 cm³/mol. The first-order chi connectivity index (χ1) is 12.2. The van der Waals surface area contributed by atoms with Crippen LogP contribution in [-0.2, 0) is 9.30 Å². The molecule has 1 heterocycles. The molecule has 0 saturated heterocycles. The number of carbonyl (C=O) groups is 1. The highest BCUT2D eigenvalue weighted by Crippen LogP contribution is 2.43. The van der Waals surface area contributed by atoms with Gasteiger partial charge in [-0.3, -0.25) is 4.57 Å². The number of ether oxygens (including phenoxy) is 1. The molecular weight excluding hydrogens is 351 g/mol. The van der Waals surface area contributed by atoms with Crippen molar-refractivity contribution in [1.29, 1.82) is 0 Å². The predicted octanol–water partition coefficient (Wildman–Crippen LogP) is 4.43. The van der Waals surface area contributed by atoms with Gasteiger partial charge in [0.05, 0.1) is 10.9 Å². The highest BCUT2D eigenvalue weighted by Gasteiger charge is 2.27. The molecule has 0 bridgehead atoms. The zero-order chi connectivity index (χ0) is 18.9. The Hall–Kier alpha value is -2.59. The van der Waals surface area contributed by atoms with E-state index in [1.165, 1.54) is 6.66 Å². The van der Waals surface area contributed by atoms with Gasteiger partial charge in [-0.1, -0.05) is 30.3 Å². The lowest BCUT2D eigenvalue weighted by Crippen LogP contribution is -2.27. The summed E-state index contributed by atoms with van der Waals surface area (Å²) in [6.07, 6.45) is -0.616. The molecule has 2 aromatic carbocycles. The van der Waals surface area contributed by atoms with Gasteiger partial charge in [0.25, 0.3) is 7.37 Å². The smallest absolute Gasteiger partial charge is 0.435 e. The summed E-state index contributed by atoms with van der Waals surface area (Å²) in [5.41, 5.74) is -0.125. The number of para-hydroxylation sites is 1. The van der Waals surface area contributed by atoms with Crippen molar-refractivity contribution in [3.63, 3.8) is 0 Å². The third kappa shape index (κ3) is 3.81. The fourth-order valence-corrected chi connectivity index (χ4v) is 3.75. The number of hydrogen-bond donors (Lipinski definition) is 0. The van der Waals surface area contributed by atoms with Gasteiger partial charge >= 0.3 is 6.09 Å². The SMILES string of the molecule is CC(C)(C)OC(=O)n1nc(OP(C)(=O)c2ccccc2)c2ccccc21. The number of nitrogens with zero attached hydrogens (tertiary/aromatic N) is 2. The zero-order valence-corrected chi connectivity index (χ0v) is 16.1. The van der Waals surface area contributed by atoms with Gasteiger partial charge in [-0.05, 0) is 45.0 Å². The molecule has 0 aliphatic rings. The Morgan fingerprint density at radius 2 is 1.65 bits per heavy atom. The van der Waals surface area contributed by atoms with E-state index >= 15 is 0 Å². The Morgan fingerprint density at radius 3 is 2.31 bits per heavy atom. The van der Waals surface area contributed by atoms with Crippen molar-refractivity contribution >= 4 is 29.7 Å². The molecule has 0 fully saturated rings. The molecule has 3 aromatic rings. The summed E-state index contributed by atoms with van der Waals surface area (Å²) < 4.78 is 25.4. The lowest BCUT2D eigenvalue weighted by molar-refractivity contribution is 0.0521. The van der Waals surface area contributed by atoms with E-state index in [1.807, 2.05) is 6.07 Å². The fourth-order valence-electron chi connectivity index (χ4n) is 2.47. The Bertz CT molecular complexity index is 990. The minimum Gasteiger partial charge on any atom is -0.442 e. The normalized spacial score (nSPS) is 14.0. The number of aromatic nitrogens is 2. The Labute approximate surface area is 152 Å². The van der Waals surface area contributed by atoms with Gasteiger partial charge in [0.1, 0.15) is 5.60 Å². The van der Waals surface area contributed by atoms with Gasteiger partial charge in [-0.15, -0.1) is 5.10 Å². The molecule has 0 N–H and O–H groups in total. The van der Waals surface area contributed by atoms with Gasteiger partial charge in [0, 0.05) is 12.0 Å². The minimum absolute atomic E-state index is 0.140. The highest BCUT2D eigenvalue weighted by atomic mass is 31.2. The van der Waals surface area contributed by atoms with E-state index in [-0.39, 0.29) is 5.88 Å². The van der Waals surface area contributed by atoms with Gasteiger partial charge in [0.15, 0.2) is 0 Å². The van der Waals surface area contributed by atoms with Crippen molar-refractivity contribution in [2.24, 2.45) is 0 Å². The van der Waals surface area contributed by atoms with E-state index in [2.05, 4.69) is 5.10 Å². The maximum Gasteiger partial charge on any atom is 0.435 e. The molecule has 3 rings (SSSR count). The van der Waals surface area contributed by atoms with Crippen LogP contribution >= 0.6 is 7.37 Å². The number of carbonyl (C=O) groups excluding carboxylic acids is 1. The van der Waals surface area contributed by atoms with Gasteiger partial charge in [0.2, 0.25) is 5.88 Å². The number of fused-ring (bicyclic) bond motifs is 1. The van der Waals surface area contributed by atoms with E-state index in [9.17, 15) is 9.36 Å². The summed E-state index contributed by atoms with van der Waals surface area (Å²) in [7, 11) is -3.16. The Balaban J connectivity index is 2.02. The van der Waals surface area contributed by atoms with Crippen molar-refractivity contribution in [1.82, 2.24) is 9.78 Å². The lowest BCUT2D eigenvalue weighted by Gasteiger charge is -2.19. The molecule has 136 valence electrons. The van der Waals surface area contributed by atoms with Crippen LogP contribution in [0.25, 0.3) is 10.9 Å². The molecule has 7 heteroatoms. The first-order valence-corrected chi connectivity index (χ1v) is 10.3. The van der Waals surface area contributed by atoms with Crippen molar-refractivity contribution < 1.29 is 18.6 Å². The zero-order valence-electron chi connectivity index (χ0n) is 15.2. The van der Waals surface area contributed by atoms with Crippen molar-refractivity contribution in [3.8, 4) is 5.88 Å². The molecule has 0 spiro atoms. The molecule has 0 amide bonds. The van der Waals surface area contributed by atoms with Gasteiger partial charge in [-0.25, -0.2) is 4.79 Å². The van der Waals surface area contributed by atoms with E-state index in [4.69, 9.17) is 9.26 Å². The number of benzene rings is 2.